The minimum atomic E-state index is -0.204. The predicted molar refractivity (Wildman–Crippen MR) is 103 cm³/mol. The summed E-state index contributed by atoms with van der Waals surface area (Å²) in [7, 11) is 1.78. The lowest BCUT2D eigenvalue weighted by Crippen LogP contribution is -3.11. The van der Waals surface area contributed by atoms with Crippen molar-refractivity contribution in [3.8, 4) is 5.75 Å². The zero-order valence-corrected chi connectivity index (χ0v) is 15.6. The largest absolute Gasteiger partial charge is 0.494 e. The van der Waals surface area contributed by atoms with Gasteiger partial charge < -0.3 is 20.3 Å². The van der Waals surface area contributed by atoms with Crippen LogP contribution in [0.15, 0.2) is 48.5 Å². The van der Waals surface area contributed by atoms with Gasteiger partial charge in [-0.15, -0.1) is 0 Å². The van der Waals surface area contributed by atoms with Crippen LogP contribution in [0.4, 0.5) is 11.4 Å². The molecule has 0 aromatic heterocycles. The summed E-state index contributed by atoms with van der Waals surface area (Å²) in [6.07, 6.45) is 0. The molecule has 0 aliphatic rings. The number of para-hydroxylation sites is 1. The fourth-order valence-corrected chi connectivity index (χ4v) is 2.56. The van der Waals surface area contributed by atoms with Crippen LogP contribution in [0.3, 0.4) is 0 Å². The van der Waals surface area contributed by atoms with Gasteiger partial charge in [0.2, 0.25) is 0 Å². The normalized spacial score (nSPS) is 11.5. The van der Waals surface area contributed by atoms with Crippen LogP contribution in [0.2, 0.25) is 5.02 Å². The monoisotopic (exact) mass is 376 g/mol. The second kappa shape index (κ2) is 9.79. The highest BCUT2D eigenvalue weighted by Crippen LogP contribution is 2.20. The Kier molecular flexibility index (Phi) is 7.44. The molecule has 2 amide bonds. The van der Waals surface area contributed by atoms with Crippen molar-refractivity contribution < 1.29 is 19.2 Å². The molecule has 0 heterocycles. The Hall–Kier alpha value is -2.57. The minimum Gasteiger partial charge on any atom is -0.494 e. The molecule has 0 saturated heterocycles. The van der Waals surface area contributed by atoms with Crippen molar-refractivity contribution in [2.75, 3.05) is 37.4 Å². The molecule has 7 heteroatoms. The fourth-order valence-electron chi connectivity index (χ4n) is 2.37. The lowest BCUT2D eigenvalue weighted by Gasteiger charge is -2.14. The Morgan fingerprint density at radius 2 is 1.62 bits per heavy atom. The number of carbonyl (C=O) groups excluding carboxylic acids is 2. The topological polar surface area (TPSA) is 71.9 Å². The van der Waals surface area contributed by atoms with Crippen LogP contribution in [0.25, 0.3) is 0 Å². The number of hydrogen-bond acceptors (Lipinski definition) is 3. The van der Waals surface area contributed by atoms with E-state index < -0.39 is 0 Å². The molecule has 0 radical (unpaired) electrons. The van der Waals surface area contributed by atoms with Crippen LogP contribution in [0, 0.1) is 0 Å². The Bertz CT molecular complexity index is 750. The first kappa shape index (κ1) is 19.8. The maximum absolute atomic E-state index is 12.1. The van der Waals surface area contributed by atoms with Crippen molar-refractivity contribution in [2.24, 2.45) is 0 Å². The van der Waals surface area contributed by atoms with E-state index in [1.54, 1.807) is 55.6 Å². The maximum atomic E-state index is 12.1. The Morgan fingerprint density at radius 1 is 1.00 bits per heavy atom. The van der Waals surface area contributed by atoms with Crippen LogP contribution < -0.4 is 20.3 Å². The highest BCUT2D eigenvalue weighted by Gasteiger charge is 2.15. The van der Waals surface area contributed by atoms with E-state index >= 15 is 0 Å². The number of rotatable bonds is 8. The summed E-state index contributed by atoms with van der Waals surface area (Å²) >= 11 is 6.02. The van der Waals surface area contributed by atoms with E-state index in [9.17, 15) is 9.59 Å². The summed E-state index contributed by atoms with van der Waals surface area (Å²) in [5.41, 5.74) is 1.25. The Balaban J connectivity index is 1.79. The SMILES string of the molecule is CCOc1ccc(NC(=O)C[NH+](C)CC(=O)Nc2ccccc2Cl)cc1. The van der Waals surface area contributed by atoms with Gasteiger partial charge >= 0.3 is 0 Å². The third kappa shape index (κ3) is 6.38. The maximum Gasteiger partial charge on any atom is 0.279 e. The molecule has 2 aromatic carbocycles. The zero-order valence-electron chi connectivity index (χ0n) is 14.8. The lowest BCUT2D eigenvalue weighted by atomic mass is 10.3. The standard InChI is InChI=1S/C19H22ClN3O3/c1-3-26-15-10-8-14(9-11-15)21-18(24)12-23(2)13-19(25)22-17-7-5-4-6-16(17)20/h4-11H,3,12-13H2,1-2H3,(H,21,24)(H,22,25)/p+1. The van der Waals surface area contributed by atoms with Crippen LogP contribution >= 0.6 is 11.6 Å². The average molecular weight is 377 g/mol. The molecule has 1 unspecified atom stereocenters. The highest BCUT2D eigenvalue weighted by molar-refractivity contribution is 6.33. The molecule has 0 saturated carbocycles. The first-order chi connectivity index (χ1) is 12.5. The highest BCUT2D eigenvalue weighted by atomic mass is 35.5. The molecule has 0 spiro atoms. The van der Waals surface area contributed by atoms with Crippen LogP contribution in [-0.2, 0) is 9.59 Å². The number of halogens is 1. The number of anilines is 2. The molecule has 0 aliphatic carbocycles. The third-order valence-electron chi connectivity index (χ3n) is 3.52. The number of ether oxygens (including phenoxy) is 1. The summed E-state index contributed by atoms with van der Waals surface area (Å²) in [6, 6.07) is 14.2. The fraction of sp³-hybridized carbons (Fsp3) is 0.263. The van der Waals surface area contributed by atoms with Gasteiger partial charge in [0.25, 0.3) is 11.8 Å². The molecule has 0 fully saturated rings. The number of nitrogens with one attached hydrogen (secondary N) is 3. The second-order valence-electron chi connectivity index (χ2n) is 5.84. The van der Waals surface area contributed by atoms with Crippen LogP contribution in [0.1, 0.15) is 6.92 Å². The molecule has 0 aliphatic heterocycles. The van der Waals surface area contributed by atoms with Crippen molar-refractivity contribution in [1.29, 1.82) is 0 Å². The number of quaternary nitrogens is 1. The van der Waals surface area contributed by atoms with Gasteiger partial charge in [0.05, 0.1) is 24.4 Å². The first-order valence-electron chi connectivity index (χ1n) is 8.36. The summed E-state index contributed by atoms with van der Waals surface area (Å²) in [5.74, 6) is 0.381. The molecule has 0 bridgehead atoms. The summed E-state index contributed by atoms with van der Waals surface area (Å²) in [6.45, 7) is 2.83. The molecule has 26 heavy (non-hydrogen) atoms. The van der Waals surface area contributed by atoms with Gasteiger partial charge in [-0.25, -0.2) is 0 Å². The molecular formula is C19H23ClN3O3+. The smallest absolute Gasteiger partial charge is 0.279 e. The molecule has 2 rings (SSSR count). The predicted octanol–water partition coefficient (Wildman–Crippen LogP) is 1.83. The van der Waals surface area contributed by atoms with Crippen molar-refractivity contribution in [3.05, 3.63) is 53.6 Å². The molecule has 2 aromatic rings. The number of carbonyl (C=O) groups is 2. The van der Waals surface area contributed by atoms with E-state index in [2.05, 4.69) is 10.6 Å². The zero-order chi connectivity index (χ0) is 18.9. The van der Waals surface area contributed by atoms with Gasteiger partial charge in [0.15, 0.2) is 13.1 Å². The molecule has 3 N–H and O–H groups in total. The molecule has 1 atom stereocenters. The summed E-state index contributed by atoms with van der Waals surface area (Å²) < 4.78 is 5.36. The van der Waals surface area contributed by atoms with Crippen LogP contribution in [0.5, 0.6) is 5.75 Å². The van der Waals surface area contributed by atoms with Gasteiger partial charge in [-0.3, -0.25) is 9.59 Å². The summed E-state index contributed by atoms with van der Waals surface area (Å²) in [4.78, 5) is 25.0. The van der Waals surface area contributed by atoms with Crippen molar-refractivity contribution in [2.45, 2.75) is 6.92 Å². The van der Waals surface area contributed by atoms with Crippen LogP contribution in [-0.4, -0.2) is 38.6 Å². The van der Waals surface area contributed by atoms with Gasteiger partial charge in [0.1, 0.15) is 5.75 Å². The summed E-state index contributed by atoms with van der Waals surface area (Å²) in [5, 5.41) is 6.03. The van der Waals surface area contributed by atoms with E-state index in [-0.39, 0.29) is 24.9 Å². The third-order valence-corrected chi connectivity index (χ3v) is 3.85. The van der Waals surface area contributed by atoms with Gasteiger partial charge in [-0.1, -0.05) is 23.7 Å². The van der Waals surface area contributed by atoms with Gasteiger partial charge in [0, 0.05) is 5.69 Å². The second-order valence-corrected chi connectivity index (χ2v) is 6.25. The van der Waals surface area contributed by atoms with Gasteiger partial charge in [-0.05, 0) is 43.3 Å². The van der Waals surface area contributed by atoms with Crippen molar-refractivity contribution in [1.82, 2.24) is 0 Å². The Labute approximate surface area is 158 Å². The number of amides is 2. The van der Waals surface area contributed by atoms with E-state index in [0.717, 1.165) is 10.6 Å². The van der Waals surface area contributed by atoms with Gasteiger partial charge in [-0.2, -0.15) is 0 Å². The van der Waals surface area contributed by atoms with E-state index in [4.69, 9.17) is 16.3 Å². The number of hydrogen-bond donors (Lipinski definition) is 3. The quantitative estimate of drug-likeness (QED) is 0.658. The van der Waals surface area contributed by atoms with E-state index in [0.29, 0.717) is 23.0 Å². The molecular weight excluding hydrogens is 354 g/mol. The number of likely N-dealkylation sites (N-methyl/N-ethyl adjacent to an activating group) is 1. The number of benzene rings is 2. The first-order valence-corrected chi connectivity index (χ1v) is 8.74. The van der Waals surface area contributed by atoms with Crippen molar-refractivity contribution >= 4 is 34.8 Å². The van der Waals surface area contributed by atoms with E-state index in [1.165, 1.54) is 0 Å². The lowest BCUT2D eigenvalue weighted by molar-refractivity contribution is -0.862. The van der Waals surface area contributed by atoms with Crippen molar-refractivity contribution in [3.63, 3.8) is 0 Å². The molecule has 138 valence electrons. The Morgan fingerprint density at radius 3 is 2.23 bits per heavy atom. The minimum absolute atomic E-state index is 0.155. The molecule has 6 nitrogen and oxygen atoms in total. The van der Waals surface area contributed by atoms with E-state index in [1.807, 2.05) is 6.92 Å². The average Bonchev–Trinajstić information content (AvgIpc) is 2.58.